The standard InChI is InChI=1S/C14H15F2NO2/c1-8-10(4-5-19-8)14(18)12(7-17)11-3-2-9(15)6-13(11)16/h2-6,12,14,18H,7,17H2,1H3. The maximum atomic E-state index is 13.8. The molecule has 2 atom stereocenters. The maximum absolute atomic E-state index is 13.8. The van der Waals surface area contributed by atoms with Crippen LogP contribution in [0.25, 0.3) is 0 Å². The normalized spacial score (nSPS) is 14.4. The van der Waals surface area contributed by atoms with Crippen molar-refractivity contribution in [1.82, 2.24) is 0 Å². The lowest BCUT2D eigenvalue weighted by molar-refractivity contribution is 0.144. The lowest BCUT2D eigenvalue weighted by Gasteiger charge is -2.22. The summed E-state index contributed by atoms with van der Waals surface area (Å²) in [5.74, 6) is -1.48. The van der Waals surface area contributed by atoms with E-state index in [1.54, 1.807) is 13.0 Å². The Morgan fingerprint density at radius 2 is 2.00 bits per heavy atom. The molecule has 0 saturated heterocycles. The molecule has 1 aromatic carbocycles. The Kier molecular flexibility index (Phi) is 3.97. The van der Waals surface area contributed by atoms with Crippen LogP contribution in [-0.2, 0) is 0 Å². The largest absolute Gasteiger partial charge is 0.469 e. The summed E-state index contributed by atoms with van der Waals surface area (Å²) in [6.07, 6.45) is 0.450. The fraction of sp³-hybridized carbons (Fsp3) is 0.286. The molecule has 3 N–H and O–H groups in total. The van der Waals surface area contributed by atoms with Crippen molar-refractivity contribution in [3.05, 3.63) is 59.1 Å². The summed E-state index contributed by atoms with van der Waals surface area (Å²) >= 11 is 0. The third kappa shape index (κ3) is 2.67. The molecule has 0 aliphatic heterocycles. The molecule has 5 heteroatoms. The van der Waals surface area contributed by atoms with E-state index in [0.717, 1.165) is 12.1 Å². The second-order valence-corrected chi connectivity index (χ2v) is 4.38. The molecular weight excluding hydrogens is 252 g/mol. The minimum atomic E-state index is -0.997. The number of aliphatic hydroxyl groups excluding tert-OH is 1. The molecule has 0 radical (unpaired) electrons. The molecule has 19 heavy (non-hydrogen) atoms. The first-order valence-electron chi connectivity index (χ1n) is 5.91. The van der Waals surface area contributed by atoms with Gasteiger partial charge in [-0.2, -0.15) is 0 Å². The van der Waals surface area contributed by atoms with Crippen LogP contribution in [0, 0.1) is 18.6 Å². The van der Waals surface area contributed by atoms with Gasteiger partial charge >= 0.3 is 0 Å². The lowest BCUT2D eigenvalue weighted by atomic mass is 9.89. The highest BCUT2D eigenvalue weighted by molar-refractivity contribution is 5.29. The molecule has 0 spiro atoms. The molecule has 0 aliphatic carbocycles. The average molecular weight is 267 g/mol. The number of rotatable bonds is 4. The van der Waals surface area contributed by atoms with Crippen molar-refractivity contribution >= 4 is 0 Å². The fourth-order valence-electron chi connectivity index (χ4n) is 2.15. The van der Waals surface area contributed by atoms with Crippen LogP contribution in [0.15, 0.2) is 34.9 Å². The highest BCUT2D eigenvalue weighted by Crippen LogP contribution is 2.33. The molecule has 2 unspecified atom stereocenters. The van der Waals surface area contributed by atoms with E-state index >= 15 is 0 Å². The van der Waals surface area contributed by atoms with Crippen LogP contribution >= 0.6 is 0 Å². The van der Waals surface area contributed by atoms with E-state index in [9.17, 15) is 13.9 Å². The van der Waals surface area contributed by atoms with E-state index in [1.807, 2.05) is 0 Å². The second-order valence-electron chi connectivity index (χ2n) is 4.38. The van der Waals surface area contributed by atoms with Gasteiger partial charge < -0.3 is 15.3 Å². The minimum absolute atomic E-state index is 0.0361. The Hall–Kier alpha value is -1.72. The molecule has 0 fully saturated rings. The Labute approximate surface area is 109 Å². The number of halogens is 2. The van der Waals surface area contributed by atoms with Gasteiger partial charge in [-0.05, 0) is 24.6 Å². The van der Waals surface area contributed by atoms with Crippen molar-refractivity contribution in [2.75, 3.05) is 6.54 Å². The number of hydrogen-bond acceptors (Lipinski definition) is 3. The third-order valence-corrected chi connectivity index (χ3v) is 3.21. The summed E-state index contributed by atoms with van der Waals surface area (Å²) in [6, 6.07) is 4.86. The smallest absolute Gasteiger partial charge is 0.129 e. The van der Waals surface area contributed by atoms with Crippen molar-refractivity contribution in [1.29, 1.82) is 0 Å². The van der Waals surface area contributed by atoms with Gasteiger partial charge in [0, 0.05) is 24.1 Å². The lowest BCUT2D eigenvalue weighted by Crippen LogP contribution is -2.21. The summed E-state index contributed by atoms with van der Waals surface area (Å²) in [6.45, 7) is 1.74. The van der Waals surface area contributed by atoms with Crippen LogP contribution in [0.2, 0.25) is 0 Å². The first kappa shape index (κ1) is 13.7. The van der Waals surface area contributed by atoms with E-state index < -0.39 is 23.7 Å². The Morgan fingerprint density at radius 3 is 2.53 bits per heavy atom. The van der Waals surface area contributed by atoms with Crippen LogP contribution in [0.3, 0.4) is 0 Å². The zero-order chi connectivity index (χ0) is 14.0. The summed E-state index contributed by atoms with van der Waals surface area (Å²) in [5.41, 5.74) is 6.36. The van der Waals surface area contributed by atoms with Gasteiger partial charge in [0.25, 0.3) is 0 Å². The fourth-order valence-corrected chi connectivity index (χ4v) is 2.15. The number of aliphatic hydroxyl groups is 1. The average Bonchev–Trinajstić information content (AvgIpc) is 2.78. The van der Waals surface area contributed by atoms with Crippen molar-refractivity contribution in [2.24, 2.45) is 5.73 Å². The zero-order valence-electron chi connectivity index (χ0n) is 10.4. The molecule has 0 amide bonds. The zero-order valence-corrected chi connectivity index (χ0v) is 10.4. The molecule has 2 rings (SSSR count). The monoisotopic (exact) mass is 267 g/mol. The van der Waals surface area contributed by atoms with Crippen LogP contribution < -0.4 is 5.73 Å². The van der Waals surface area contributed by atoms with Gasteiger partial charge in [0.15, 0.2) is 0 Å². The molecule has 0 bridgehead atoms. The van der Waals surface area contributed by atoms with E-state index in [0.29, 0.717) is 11.3 Å². The highest BCUT2D eigenvalue weighted by atomic mass is 19.1. The van der Waals surface area contributed by atoms with Gasteiger partial charge in [0.1, 0.15) is 17.4 Å². The molecule has 1 heterocycles. The number of furan rings is 1. The predicted octanol–water partition coefficient (Wildman–Crippen LogP) is 2.64. The van der Waals surface area contributed by atoms with Gasteiger partial charge in [-0.25, -0.2) is 8.78 Å². The van der Waals surface area contributed by atoms with Crippen molar-refractivity contribution in [2.45, 2.75) is 18.9 Å². The molecular formula is C14H15F2NO2. The Balaban J connectivity index is 2.37. The number of nitrogens with two attached hydrogens (primary N) is 1. The topological polar surface area (TPSA) is 59.4 Å². The van der Waals surface area contributed by atoms with Crippen molar-refractivity contribution in [3.8, 4) is 0 Å². The maximum Gasteiger partial charge on any atom is 0.129 e. The summed E-state index contributed by atoms with van der Waals surface area (Å²) in [5, 5.41) is 10.3. The van der Waals surface area contributed by atoms with Crippen LogP contribution in [-0.4, -0.2) is 11.7 Å². The van der Waals surface area contributed by atoms with Gasteiger partial charge in [0.05, 0.1) is 12.4 Å². The van der Waals surface area contributed by atoms with Crippen molar-refractivity contribution in [3.63, 3.8) is 0 Å². The van der Waals surface area contributed by atoms with E-state index in [-0.39, 0.29) is 12.1 Å². The molecule has 0 aliphatic rings. The Morgan fingerprint density at radius 1 is 1.26 bits per heavy atom. The first-order chi connectivity index (χ1) is 9.04. The van der Waals surface area contributed by atoms with E-state index in [2.05, 4.69) is 0 Å². The van der Waals surface area contributed by atoms with Crippen LogP contribution in [0.4, 0.5) is 8.78 Å². The van der Waals surface area contributed by atoms with E-state index in [4.69, 9.17) is 10.2 Å². The third-order valence-electron chi connectivity index (χ3n) is 3.21. The molecule has 2 aromatic rings. The number of benzene rings is 1. The van der Waals surface area contributed by atoms with Gasteiger partial charge in [0.2, 0.25) is 0 Å². The van der Waals surface area contributed by atoms with Gasteiger partial charge in [-0.15, -0.1) is 0 Å². The first-order valence-corrected chi connectivity index (χ1v) is 5.91. The molecule has 3 nitrogen and oxygen atoms in total. The number of aryl methyl sites for hydroxylation is 1. The Bertz CT molecular complexity index is 568. The highest BCUT2D eigenvalue weighted by Gasteiger charge is 2.26. The molecule has 102 valence electrons. The van der Waals surface area contributed by atoms with E-state index in [1.165, 1.54) is 12.3 Å². The number of hydrogen-bond donors (Lipinski definition) is 2. The summed E-state index contributed by atoms with van der Waals surface area (Å²) in [4.78, 5) is 0. The summed E-state index contributed by atoms with van der Waals surface area (Å²) in [7, 11) is 0. The quantitative estimate of drug-likeness (QED) is 0.895. The second kappa shape index (κ2) is 5.50. The van der Waals surface area contributed by atoms with Crippen molar-refractivity contribution < 1.29 is 18.3 Å². The minimum Gasteiger partial charge on any atom is -0.469 e. The predicted molar refractivity (Wildman–Crippen MR) is 66.6 cm³/mol. The van der Waals surface area contributed by atoms with Crippen LogP contribution in [0.5, 0.6) is 0 Å². The summed E-state index contributed by atoms with van der Waals surface area (Å²) < 4.78 is 31.8. The van der Waals surface area contributed by atoms with Gasteiger partial charge in [-0.1, -0.05) is 6.07 Å². The SMILES string of the molecule is Cc1occc1C(O)C(CN)c1ccc(F)cc1F. The molecule has 0 saturated carbocycles. The van der Waals surface area contributed by atoms with Crippen LogP contribution in [0.1, 0.15) is 28.9 Å². The molecule has 1 aromatic heterocycles. The van der Waals surface area contributed by atoms with Gasteiger partial charge in [-0.3, -0.25) is 0 Å².